The van der Waals surface area contributed by atoms with Gasteiger partial charge in [-0.15, -0.1) is 0 Å². The fourth-order valence-corrected chi connectivity index (χ4v) is 3.25. The van der Waals surface area contributed by atoms with Crippen molar-refractivity contribution in [1.29, 1.82) is 0 Å². The van der Waals surface area contributed by atoms with Crippen molar-refractivity contribution in [3.8, 4) is 5.88 Å². The Morgan fingerprint density at radius 1 is 1.38 bits per heavy atom. The number of hydrogen-bond acceptors (Lipinski definition) is 5. The van der Waals surface area contributed by atoms with Crippen LogP contribution in [0.1, 0.15) is 48.9 Å². The van der Waals surface area contributed by atoms with Crippen LogP contribution in [0.15, 0.2) is 18.3 Å². The number of rotatable bonds is 6. The predicted molar refractivity (Wildman–Crippen MR) is 85.0 cm³/mol. The molecule has 7 heteroatoms. The fourth-order valence-electron chi connectivity index (χ4n) is 3.25. The third-order valence-corrected chi connectivity index (χ3v) is 4.56. The summed E-state index contributed by atoms with van der Waals surface area (Å²) in [5.41, 5.74) is -0.465. The van der Waals surface area contributed by atoms with E-state index in [0.717, 1.165) is 12.8 Å². The van der Waals surface area contributed by atoms with Gasteiger partial charge < -0.3 is 19.9 Å². The zero-order chi connectivity index (χ0) is 17.0. The molecule has 1 aromatic rings. The maximum absolute atomic E-state index is 12.4. The van der Waals surface area contributed by atoms with Crippen molar-refractivity contribution in [2.24, 2.45) is 0 Å². The normalized spacial score (nSPS) is 24.0. The summed E-state index contributed by atoms with van der Waals surface area (Å²) in [7, 11) is 0. The van der Waals surface area contributed by atoms with Crippen LogP contribution < -0.4 is 10.1 Å². The molecule has 0 bridgehead atoms. The molecule has 7 nitrogen and oxygen atoms in total. The molecular formula is C17H22N2O5. The van der Waals surface area contributed by atoms with E-state index < -0.39 is 11.5 Å². The highest BCUT2D eigenvalue weighted by Gasteiger charge is 2.38. The first-order chi connectivity index (χ1) is 11.6. The molecule has 1 saturated heterocycles. The standard InChI is InChI=1S/C17H22N2O5/c20-15(21)9-17(7-8-23-11-17)19-16(22)12-5-6-14(18-10-12)24-13-3-1-2-4-13/h5-6,10,13H,1-4,7-9,11H2,(H,19,22)(H,20,21). The molecule has 1 aliphatic heterocycles. The van der Waals surface area contributed by atoms with Gasteiger partial charge in [0.05, 0.1) is 24.1 Å². The lowest BCUT2D eigenvalue weighted by atomic mass is 9.94. The molecule has 24 heavy (non-hydrogen) atoms. The molecule has 0 radical (unpaired) electrons. The van der Waals surface area contributed by atoms with Gasteiger partial charge in [-0.3, -0.25) is 9.59 Å². The molecule has 0 aromatic carbocycles. The Hall–Kier alpha value is -2.15. The van der Waals surface area contributed by atoms with Gasteiger partial charge in [0.1, 0.15) is 6.10 Å². The number of aliphatic carboxylic acids is 1. The van der Waals surface area contributed by atoms with Crippen molar-refractivity contribution < 1.29 is 24.2 Å². The Kier molecular flexibility index (Phi) is 4.99. The Balaban J connectivity index is 1.62. The number of amides is 1. The van der Waals surface area contributed by atoms with Gasteiger partial charge in [-0.05, 0) is 38.2 Å². The summed E-state index contributed by atoms with van der Waals surface area (Å²) in [6, 6.07) is 3.33. The van der Waals surface area contributed by atoms with Gasteiger partial charge in [0.15, 0.2) is 0 Å². The second-order valence-corrected chi connectivity index (χ2v) is 6.52. The van der Waals surface area contributed by atoms with Gasteiger partial charge >= 0.3 is 5.97 Å². The number of nitrogens with zero attached hydrogens (tertiary/aromatic N) is 1. The number of hydrogen-bond donors (Lipinski definition) is 2. The van der Waals surface area contributed by atoms with E-state index in [1.54, 1.807) is 12.1 Å². The largest absolute Gasteiger partial charge is 0.481 e. The molecule has 1 aliphatic carbocycles. The van der Waals surface area contributed by atoms with Crippen molar-refractivity contribution in [3.05, 3.63) is 23.9 Å². The number of ether oxygens (including phenoxy) is 2. The average molecular weight is 334 g/mol. The molecule has 130 valence electrons. The maximum atomic E-state index is 12.4. The summed E-state index contributed by atoms with van der Waals surface area (Å²) < 4.78 is 11.1. The first-order valence-corrected chi connectivity index (χ1v) is 8.31. The SMILES string of the molecule is O=C(O)CC1(NC(=O)c2ccc(OC3CCCC3)nc2)CCOC1. The second-order valence-electron chi connectivity index (χ2n) is 6.52. The van der Waals surface area contributed by atoms with E-state index in [4.69, 9.17) is 14.6 Å². The molecule has 1 atom stereocenters. The number of aromatic nitrogens is 1. The number of carbonyl (C=O) groups is 2. The van der Waals surface area contributed by atoms with Gasteiger partial charge in [0.2, 0.25) is 5.88 Å². The average Bonchev–Trinajstić information content (AvgIpc) is 3.20. The maximum Gasteiger partial charge on any atom is 0.305 e. The van der Waals surface area contributed by atoms with E-state index in [-0.39, 0.29) is 25.0 Å². The van der Waals surface area contributed by atoms with Crippen LogP contribution in [0, 0.1) is 0 Å². The number of carbonyl (C=O) groups excluding carboxylic acids is 1. The Morgan fingerprint density at radius 2 is 2.17 bits per heavy atom. The van der Waals surface area contributed by atoms with E-state index in [9.17, 15) is 9.59 Å². The monoisotopic (exact) mass is 334 g/mol. The van der Waals surface area contributed by atoms with Crippen LogP contribution in [-0.2, 0) is 9.53 Å². The zero-order valence-corrected chi connectivity index (χ0v) is 13.5. The van der Waals surface area contributed by atoms with Crippen molar-refractivity contribution >= 4 is 11.9 Å². The Bertz CT molecular complexity index is 590. The molecule has 1 saturated carbocycles. The smallest absolute Gasteiger partial charge is 0.305 e. The Morgan fingerprint density at radius 3 is 2.75 bits per heavy atom. The summed E-state index contributed by atoms with van der Waals surface area (Å²) in [5, 5.41) is 11.9. The van der Waals surface area contributed by atoms with Crippen LogP contribution in [0.3, 0.4) is 0 Å². The number of carboxylic acid groups (broad SMARTS) is 1. The van der Waals surface area contributed by atoms with E-state index in [1.807, 2.05) is 0 Å². The van der Waals surface area contributed by atoms with Crippen LogP contribution >= 0.6 is 0 Å². The zero-order valence-electron chi connectivity index (χ0n) is 13.5. The summed E-state index contributed by atoms with van der Waals surface area (Å²) in [5.74, 6) is -0.788. The van der Waals surface area contributed by atoms with Crippen molar-refractivity contribution in [2.75, 3.05) is 13.2 Å². The molecule has 2 N–H and O–H groups in total. The third kappa shape index (κ3) is 4.03. The summed E-state index contributed by atoms with van der Waals surface area (Å²) in [6.07, 6.45) is 6.45. The predicted octanol–water partition coefficient (Wildman–Crippen LogP) is 1.77. The number of nitrogens with one attached hydrogen (secondary N) is 1. The van der Waals surface area contributed by atoms with Gasteiger partial charge in [0, 0.05) is 18.9 Å². The third-order valence-electron chi connectivity index (χ3n) is 4.56. The summed E-state index contributed by atoms with van der Waals surface area (Å²) >= 11 is 0. The minimum absolute atomic E-state index is 0.158. The molecular weight excluding hydrogens is 312 g/mol. The van der Waals surface area contributed by atoms with Crippen LogP contribution in [0.4, 0.5) is 0 Å². The fraction of sp³-hybridized carbons (Fsp3) is 0.588. The van der Waals surface area contributed by atoms with Crippen molar-refractivity contribution in [1.82, 2.24) is 10.3 Å². The highest BCUT2D eigenvalue weighted by Crippen LogP contribution is 2.24. The lowest BCUT2D eigenvalue weighted by Gasteiger charge is -2.26. The highest BCUT2D eigenvalue weighted by atomic mass is 16.5. The molecule has 1 aromatic heterocycles. The van der Waals surface area contributed by atoms with Crippen LogP contribution in [0.25, 0.3) is 0 Å². The van der Waals surface area contributed by atoms with E-state index in [0.29, 0.717) is 24.5 Å². The van der Waals surface area contributed by atoms with Gasteiger partial charge in [-0.25, -0.2) is 4.98 Å². The lowest BCUT2D eigenvalue weighted by Crippen LogP contribution is -2.50. The molecule has 1 unspecified atom stereocenters. The van der Waals surface area contributed by atoms with Crippen LogP contribution in [0.5, 0.6) is 5.88 Å². The molecule has 3 rings (SSSR count). The quantitative estimate of drug-likeness (QED) is 0.823. The van der Waals surface area contributed by atoms with Crippen molar-refractivity contribution in [3.63, 3.8) is 0 Å². The summed E-state index contributed by atoms with van der Waals surface area (Å²) in [4.78, 5) is 27.6. The highest BCUT2D eigenvalue weighted by molar-refractivity contribution is 5.94. The minimum atomic E-state index is -0.959. The molecule has 2 heterocycles. The summed E-state index contributed by atoms with van der Waals surface area (Å²) in [6.45, 7) is 0.654. The van der Waals surface area contributed by atoms with Gasteiger partial charge in [0.25, 0.3) is 5.91 Å². The topological polar surface area (TPSA) is 97.8 Å². The molecule has 1 amide bonds. The number of pyridine rings is 1. The first-order valence-electron chi connectivity index (χ1n) is 8.31. The van der Waals surface area contributed by atoms with Crippen LogP contribution in [-0.4, -0.2) is 46.8 Å². The van der Waals surface area contributed by atoms with E-state index in [2.05, 4.69) is 10.3 Å². The number of carboxylic acids is 1. The first kappa shape index (κ1) is 16.7. The van der Waals surface area contributed by atoms with E-state index >= 15 is 0 Å². The second kappa shape index (κ2) is 7.17. The van der Waals surface area contributed by atoms with Crippen LogP contribution in [0.2, 0.25) is 0 Å². The Labute approximate surface area is 140 Å². The van der Waals surface area contributed by atoms with Gasteiger partial charge in [-0.2, -0.15) is 0 Å². The molecule has 2 fully saturated rings. The molecule has 0 spiro atoms. The minimum Gasteiger partial charge on any atom is -0.481 e. The lowest BCUT2D eigenvalue weighted by molar-refractivity contribution is -0.138. The van der Waals surface area contributed by atoms with E-state index in [1.165, 1.54) is 19.0 Å². The molecule has 2 aliphatic rings. The van der Waals surface area contributed by atoms with Crippen molar-refractivity contribution in [2.45, 2.75) is 50.2 Å². The van der Waals surface area contributed by atoms with Gasteiger partial charge in [-0.1, -0.05) is 0 Å².